The summed E-state index contributed by atoms with van der Waals surface area (Å²) in [7, 11) is 0. The Morgan fingerprint density at radius 1 is 1.11 bits per heavy atom. The van der Waals surface area contributed by atoms with Gasteiger partial charge >= 0.3 is 12.1 Å². The van der Waals surface area contributed by atoms with Crippen LogP contribution in [0.3, 0.4) is 0 Å². The van der Waals surface area contributed by atoms with Crippen molar-refractivity contribution in [1.29, 1.82) is 0 Å². The van der Waals surface area contributed by atoms with Crippen molar-refractivity contribution in [1.82, 2.24) is 10.2 Å². The molecule has 38 heavy (non-hydrogen) atoms. The van der Waals surface area contributed by atoms with E-state index in [4.69, 9.17) is 9.47 Å². The van der Waals surface area contributed by atoms with Crippen LogP contribution >= 0.6 is 0 Å². The molecular weight excluding hydrogens is 486 g/mol. The Balaban J connectivity index is 1.63. The molecule has 9 nitrogen and oxygen atoms in total. The van der Waals surface area contributed by atoms with Crippen molar-refractivity contribution >= 4 is 18.0 Å². The minimum absolute atomic E-state index is 0.0472. The molecule has 206 valence electrons. The second-order valence-electron chi connectivity index (χ2n) is 10.8. The number of amides is 2. The first-order valence-electron chi connectivity index (χ1n) is 13.2. The van der Waals surface area contributed by atoms with Crippen LogP contribution in [-0.4, -0.2) is 58.3 Å². The maximum atomic E-state index is 13.1. The molecule has 0 saturated carbocycles. The number of rotatable bonds is 8. The molecule has 1 fully saturated rings. The molecule has 2 aromatic rings. The van der Waals surface area contributed by atoms with Crippen molar-refractivity contribution < 1.29 is 33.5 Å². The second kappa shape index (κ2) is 12.9. The number of aromatic nitrogens is 1. The third-order valence-corrected chi connectivity index (χ3v) is 6.57. The predicted molar refractivity (Wildman–Crippen MR) is 141 cm³/mol. The summed E-state index contributed by atoms with van der Waals surface area (Å²) in [6, 6.07) is 12.2. The second-order valence-corrected chi connectivity index (χ2v) is 10.8. The van der Waals surface area contributed by atoms with E-state index < -0.39 is 29.6 Å². The summed E-state index contributed by atoms with van der Waals surface area (Å²) in [6.07, 6.45) is 4.57. The van der Waals surface area contributed by atoms with Gasteiger partial charge in [0.05, 0.1) is 6.10 Å². The number of nitrogens with one attached hydrogen (secondary N) is 1. The fourth-order valence-electron chi connectivity index (χ4n) is 4.60. The standard InChI is InChI=1S/C29H39N3O6/c1-20(22-12-7-6-8-13-22)24-15-9-10-17-32(24)28(36)37-19-31-16-11-14-23(18-31)26(34)30-25(21(2)33)27(35)38-29(3,4)5/h6-8,11-14,16,18,20-21,24-25,33H,9-10,15,17,19H2,1-5H3/p+1/t20-,21?,24-,25+/m1/s1. The molecule has 0 bridgehead atoms. The smallest absolute Gasteiger partial charge is 0.414 e. The van der Waals surface area contributed by atoms with Crippen molar-refractivity contribution in [3.8, 4) is 0 Å². The van der Waals surface area contributed by atoms with Gasteiger partial charge in [0.1, 0.15) is 11.2 Å². The lowest BCUT2D eigenvalue weighted by atomic mass is 9.87. The molecule has 1 unspecified atom stereocenters. The molecule has 2 N–H and O–H groups in total. The lowest BCUT2D eigenvalue weighted by Gasteiger charge is -2.38. The van der Waals surface area contributed by atoms with Gasteiger partial charge in [0.25, 0.3) is 12.6 Å². The van der Waals surface area contributed by atoms with E-state index in [9.17, 15) is 19.5 Å². The van der Waals surface area contributed by atoms with Gasteiger partial charge in [-0.25, -0.2) is 9.59 Å². The lowest BCUT2D eigenvalue weighted by molar-refractivity contribution is -0.727. The van der Waals surface area contributed by atoms with Gasteiger partial charge in [0.2, 0.25) is 0 Å². The summed E-state index contributed by atoms with van der Waals surface area (Å²) < 4.78 is 12.5. The first-order valence-corrected chi connectivity index (χ1v) is 13.2. The summed E-state index contributed by atoms with van der Waals surface area (Å²) in [5.74, 6) is -1.11. The summed E-state index contributed by atoms with van der Waals surface area (Å²) >= 11 is 0. The molecule has 9 heteroatoms. The number of aliphatic hydroxyl groups excluding tert-OH is 1. The number of aliphatic hydroxyl groups is 1. The van der Waals surface area contributed by atoms with Gasteiger partial charge in [-0.2, -0.15) is 4.57 Å². The molecule has 3 rings (SSSR count). The number of hydrogen-bond acceptors (Lipinski definition) is 6. The van der Waals surface area contributed by atoms with Crippen LogP contribution in [0.4, 0.5) is 4.79 Å². The van der Waals surface area contributed by atoms with Crippen LogP contribution in [0.15, 0.2) is 54.9 Å². The quantitative estimate of drug-likeness (QED) is 0.402. The van der Waals surface area contributed by atoms with E-state index in [-0.39, 0.29) is 30.3 Å². The van der Waals surface area contributed by atoms with E-state index in [2.05, 4.69) is 24.4 Å². The van der Waals surface area contributed by atoms with Gasteiger partial charge in [-0.15, -0.1) is 0 Å². The minimum atomic E-state index is -1.23. The maximum absolute atomic E-state index is 13.1. The van der Waals surface area contributed by atoms with Crippen molar-refractivity contribution in [2.24, 2.45) is 0 Å². The zero-order chi connectivity index (χ0) is 27.9. The van der Waals surface area contributed by atoms with E-state index in [1.165, 1.54) is 18.7 Å². The third-order valence-electron chi connectivity index (χ3n) is 6.57. The average molecular weight is 527 g/mol. The van der Waals surface area contributed by atoms with Crippen LogP contribution in [-0.2, 0) is 21.0 Å². The average Bonchev–Trinajstić information content (AvgIpc) is 2.89. The normalized spacial score (nSPS) is 18.2. The van der Waals surface area contributed by atoms with Crippen molar-refractivity contribution in [2.75, 3.05) is 6.54 Å². The number of pyridine rings is 1. The Hall–Kier alpha value is -3.46. The highest BCUT2D eigenvalue weighted by Gasteiger charge is 2.33. The van der Waals surface area contributed by atoms with Crippen LogP contribution < -0.4 is 9.88 Å². The monoisotopic (exact) mass is 526 g/mol. The molecule has 2 amide bonds. The lowest BCUT2D eigenvalue weighted by Crippen LogP contribution is -2.50. The van der Waals surface area contributed by atoms with E-state index in [0.29, 0.717) is 6.54 Å². The third kappa shape index (κ3) is 8.02. The van der Waals surface area contributed by atoms with E-state index in [1.807, 2.05) is 23.1 Å². The Bertz CT molecular complexity index is 1100. The highest BCUT2D eigenvalue weighted by Crippen LogP contribution is 2.30. The van der Waals surface area contributed by atoms with E-state index in [1.54, 1.807) is 43.7 Å². The Labute approximate surface area is 224 Å². The molecule has 1 aromatic heterocycles. The van der Waals surface area contributed by atoms with Crippen molar-refractivity contribution in [3.05, 3.63) is 66.0 Å². The van der Waals surface area contributed by atoms with Gasteiger partial charge < -0.3 is 24.8 Å². The fourth-order valence-corrected chi connectivity index (χ4v) is 4.60. The van der Waals surface area contributed by atoms with Crippen LogP contribution in [0.25, 0.3) is 0 Å². The molecule has 1 aromatic carbocycles. The zero-order valence-corrected chi connectivity index (χ0v) is 22.9. The number of carbonyl (C=O) groups is 3. The van der Waals surface area contributed by atoms with Gasteiger partial charge in [-0.3, -0.25) is 4.79 Å². The molecule has 0 aliphatic carbocycles. The highest BCUT2D eigenvalue weighted by molar-refractivity contribution is 5.96. The summed E-state index contributed by atoms with van der Waals surface area (Å²) in [5, 5.41) is 12.6. The molecule has 1 aliphatic rings. The van der Waals surface area contributed by atoms with Crippen molar-refractivity contribution in [2.45, 2.75) is 90.3 Å². The molecule has 0 spiro atoms. The van der Waals surface area contributed by atoms with Gasteiger partial charge in [-0.05, 0) is 58.6 Å². The zero-order valence-electron chi connectivity index (χ0n) is 22.9. The number of nitrogens with zero attached hydrogens (tertiary/aromatic N) is 2. The Morgan fingerprint density at radius 3 is 2.47 bits per heavy atom. The number of piperidine rings is 1. The largest absolute Gasteiger partial charge is 0.458 e. The number of carbonyl (C=O) groups excluding carboxylic acids is 3. The van der Waals surface area contributed by atoms with Gasteiger partial charge in [-0.1, -0.05) is 37.3 Å². The van der Waals surface area contributed by atoms with Crippen LogP contribution in [0.5, 0.6) is 0 Å². The maximum Gasteiger partial charge on any atom is 0.414 e. The number of hydrogen-bond donors (Lipinski definition) is 2. The Kier molecular flexibility index (Phi) is 9.85. The molecular formula is C29H40N3O6+. The number of ether oxygens (including phenoxy) is 2. The predicted octanol–water partition coefficient (Wildman–Crippen LogP) is 3.55. The fraction of sp³-hybridized carbons (Fsp3) is 0.517. The van der Waals surface area contributed by atoms with Gasteiger partial charge in [0, 0.05) is 24.6 Å². The SMILES string of the molecule is CC(O)[C@H](NC(=O)c1ccc[n+](COC(=O)N2CCCC[C@@H]2[C@H](C)c2ccccc2)c1)C(=O)OC(C)(C)C. The molecule has 4 atom stereocenters. The number of esters is 1. The first kappa shape index (κ1) is 29.1. The highest BCUT2D eigenvalue weighted by atomic mass is 16.6. The number of likely N-dealkylation sites (tertiary alicyclic amines) is 1. The van der Waals surface area contributed by atoms with Crippen LogP contribution in [0.2, 0.25) is 0 Å². The summed E-state index contributed by atoms with van der Waals surface area (Å²) in [4.78, 5) is 40.2. The van der Waals surface area contributed by atoms with Gasteiger partial charge in [0.15, 0.2) is 18.4 Å². The van der Waals surface area contributed by atoms with E-state index in [0.717, 1.165) is 19.3 Å². The number of benzene rings is 1. The molecule has 0 radical (unpaired) electrons. The topological polar surface area (TPSA) is 109 Å². The molecule has 1 saturated heterocycles. The minimum Gasteiger partial charge on any atom is -0.458 e. The van der Waals surface area contributed by atoms with E-state index >= 15 is 0 Å². The van der Waals surface area contributed by atoms with Crippen LogP contribution in [0.1, 0.15) is 75.7 Å². The molecule has 2 heterocycles. The first-order chi connectivity index (χ1) is 18.0. The summed E-state index contributed by atoms with van der Waals surface area (Å²) in [5.41, 5.74) is 0.666. The van der Waals surface area contributed by atoms with Crippen LogP contribution in [0, 0.1) is 0 Å². The summed E-state index contributed by atoms with van der Waals surface area (Å²) in [6.45, 7) is 9.24. The Morgan fingerprint density at radius 2 is 1.82 bits per heavy atom. The molecule has 1 aliphatic heterocycles. The van der Waals surface area contributed by atoms with Crippen molar-refractivity contribution in [3.63, 3.8) is 0 Å².